The number of amides is 1. The topological polar surface area (TPSA) is 115 Å². The summed E-state index contributed by atoms with van der Waals surface area (Å²) in [5.41, 5.74) is 6.13. The van der Waals surface area contributed by atoms with E-state index in [2.05, 4.69) is 4.98 Å². The van der Waals surface area contributed by atoms with Gasteiger partial charge in [0.15, 0.2) is 0 Å². The molecule has 1 aromatic heterocycles. The lowest BCUT2D eigenvalue weighted by molar-refractivity contribution is -0.136. The third kappa shape index (κ3) is 3.90. The van der Waals surface area contributed by atoms with Crippen LogP contribution in [0, 0.1) is 13.8 Å². The van der Waals surface area contributed by atoms with Gasteiger partial charge in [-0.1, -0.05) is 0 Å². The van der Waals surface area contributed by atoms with Crippen molar-refractivity contribution in [2.45, 2.75) is 39.7 Å². The number of carboxylic acid groups (broad SMARTS) is 1. The number of carbonyl (C=O) groups excluding carboxylic acids is 1. The van der Waals surface area contributed by atoms with Crippen molar-refractivity contribution >= 4 is 11.9 Å². The monoisotopic (exact) mass is 267 g/mol. The van der Waals surface area contributed by atoms with Gasteiger partial charge >= 0.3 is 11.7 Å². The number of nitrogens with zero attached hydrogens (tertiary/aromatic N) is 2. The molecule has 0 aromatic carbocycles. The van der Waals surface area contributed by atoms with Gasteiger partial charge in [-0.3, -0.25) is 14.2 Å². The molecule has 0 fully saturated rings. The molecule has 1 rings (SSSR count). The Labute approximate surface area is 110 Å². The number of aromatic nitrogens is 2. The Morgan fingerprint density at radius 3 is 2.53 bits per heavy atom. The highest BCUT2D eigenvalue weighted by atomic mass is 16.4. The maximum absolute atomic E-state index is 11.8. The van der Waals surface area contributed by atoms with Gasteiger partial charge in [0.05, 0.1) is 6.42 Å². The third-order valence-corrected chi connectivity index (χ3v) is 2.91. The lowest BCUT2D eigenvalue weighted by atomic mass is 10.1. The van der Waals surface area contributed by atoms with Crippen LogP contribution in [-0.2, 0) is 22.6 Å². The number of aliphatic carboxylic acids is 1. The van der Waals surface area contributed by atoms with Crippen LogP contribution in [0.15, 0.2) is 4.79 Å². The molecule has 3 N–H and O–H groups in total. The van der Waals surface area contributed by atoms with Crippen LogP contribution in [0.2, 0.25) is 0 Å². The van der Waals surface area contributed by atoms with Crippen molar-refractivity contribution in [3.63, 3.8) is 0 Å². The first kappa shape index (κ1) is 14.9. The minimum atomic E-state index is -0.977. The van der Waals surface area contributed by atoms with E-state index in [0.717, 1.165) is 0 Å². The molecule has 0 bridgehead atoms. The highest BCUT2D eigenvalue weighted by molar-refractivity contribution is 5.73. The highest BCUT2D eigenvalue weighted by Gasteiger charge is 2.14. The number of aryl methyl sites for hydroxylation is 1. The van der Waals surface area contributed by atoms with Crippen LogP contribution in [0.4, 0.5) is 0 Å². The van der Waals surface area contributed by atoms with Crippen LogP contribution in [0.3, 0.4) is 0 Å². The van der Waals surface area contributed by atoms with E-state index in [-0.39, 0.29) is 12.8 Å². The summed E-state index contributed by atoms with van der Waals surface area (Å²) in [7, 11) is 0. The first-order valence-corrected chi connectivity index (χ1v) is 5.90. The predicted molar refractivity (Wildman–Crippen MR) is 67.7 cm³/mol. The molecule has 19 heavy (non-hydrogen) atoms. The standard InChI is InChI=1S/C12H17N3O4/c1-7-9(6-11(17)18)8(2)15(12(19)14-7)5-3-4-10(13)16/h3-6H2,1-2H3,(H2,13,16)(H,17,18). The second-order valence-electron chi connectivity index (χ2n) is 4.34. The molecule has 7 heteroatoms. The Bertz CT molecular complexity index is 563. The summed E-state index contributed by atoms with van der Waals surface area (Å²) in [4.78, 5) is 37.0. The van der Waals surface area contributed by atoms with Crippen molar-refractivity contribution in [1.29, 1.82) is 0 Å². The van der Waals surface area contributed by atoms with E-state index in [1.54, 1.807) is 13.8 Å². The van der Waals surface area contributed by atoms with Crippen LogP contribution < -0.4 is 11.4 Å². The van der Waals surface area contributed by atoms with Gasteiger partial charge in [-0.05, 0) is 20.3 Å². The number of primary amides is 1. The quantitative estimate of drug-likeness (QED) is 0.737. The van der Waals surface area contributed by atoms with Crippen molar-refractivity contribution in [1.82, 2.24) is 9.55 Å². The van der Waals surface area contributed by atoms with Crippen molar-refractivity contribution in [3.8, 4) is 0 Å². The first-order chi connectivity index (χ1) is 8.82. The summed E-state index contributed by atoms with van der Waals surface area (Å²) in [5.74, 6) is -1.41. The zero-order valence-corrected chi connectivity index (χ0v) is 11.0. The molecular formula is C12H17N3O4. The zero-order chi connectivity index (χ0) is 14.6. The molecule has 0 spiro atoms. The molecule has 0 saturated carbocycles. The lowest BCUT2D eigenvalue weighted by Crippen LogP contribution is -2.29. The summed E-state index contributed by atoms with van der Waals surface area (Å²) >= 11 is 0. The van der Waals surface area contributed by atoms with Crippen LogP contribution in [0.25, 0.3) is 0 Å². The molecule has 7 nitrogen and oxygen atoms in total. The van der Waals surface area contributed by atoms with Crippen LogP contribution in [0.5, 0.6) is 0 Å². The molecule has 0 aliphatic carbocycles. The molecule has 104 valence electrons. The Morgan fingerprint density at radius 1 is 1.37 bits per heavy atom. The van der Waals surface area contributed by atoms with Crippen LogP contribution in [-0.4, -0.2) is 26.5 Å². The molecular weight excluding hydrogens is 250 g/mol. The Kier molecular flexibility index (Phi) is 4.80. The van der Waals surface area contributed by atoms with Gasteiger partial charge in [0.25, 0.3) is 0 Å². The molecule has 0 radical (unpaired) electrons. The third-order valence-electron chi connectivity index (χ3n) is 2.91. The molecule has 0 unspecified atom stereocenters. The molecule has 0 saturated heterocycles. The van der Waals surface area contributed by atoms with Gasteiger partial charge in [0.1, 0.15) is 0 Å². The van der Waals surface area contributed by atoms with E-state index in [1.165, 1.54) is 4.57 Å². The van der Waals surface area contributed by atoms with Gasteiger partial charge < -0.3 is 10.8 Å². The van der Waals surface area contributed by atoms with Crippen LogP contribution in [0.1, 0.15) is 29.8 Å². The largest absolute Gasteiger partial charge is 0.481 e. The van der Waals surface area contributed by atoms with Gasteiger partial charge in [-0.25, -0.2) is 4.79 Å². The summed E-state index contributed by atoms with van der Waals surface area (Å²) in [6.07, 6.45) is 0.419. The van der Waals surface area contributed by atoms with E-state index in [0.29, 0.717) is 29.9 Å². The highest BCUT2D eigenvalue weighted by Crippen LogP contribution is 2.11. The molecule has 1 amide bonds. The minimum Gasteiger partial charge on any atom is -0.481 e. The normalized spacial score (nSPS) is 10.4. The minimum absolute atomic E-state index is 0.175. The molecule has 0 aliphatic heterocycles. The average molecular weight is 267 g/mol. The number of carboxylic acids is 1. The number of hydrogen-bond acceptors (Lipinski definition) is 4. The van der Waals surface area contributed by atoms with Gasteiger partial charge in [0, 0.05) is 29.9 Å². The second kappa shape index (κ2) is 6.12. The van der Waals surface area contributed by atoms with Crippen molar-refractivity contribution in [2.75, 3.05) is 0 Å². The maximum atomic E-state index is 11.8. The fourth-order valence-corrected chi connectivity index (χ4v) is 1.92. The number of hydrogen-bond donors (Lipinski definition) is 2. The molecule has 0 atom stereocenters. The van der Waals surface area contributed by atoms with E-state index in [9.17, 15) is 14.4 Å². The number of rotatable bonds is 6. The van der Waals surface area contributed by atoms with E-state index in [1.807, 2.05) is 0 Å². The summed E-state index contributed by atoms with van der Waals surface area (Å²) < 4.78 is 1.38. The summed E-state index contributed by atoms with van der Waals surface area (Å²) in [6, 6.07) is 0. The first-order valence-electron chi connectivity index (χ1n) is 5.90. The smallest absolute Gasteiger partial charge is 0.347 e. The Morgan fingerprint density at radius 2 is 2.00 bits per heavy atom. The molecule has 1 heterocycles. The predicted octanol–water partition coefficient (Wildman–Crippen LogP) is -0.247. The second-order valence-corrected chi connectivity index (χ2v) is 4.34. The van der Waals surface area contributed by atoms with E-state index < -0.39 is 17.6 Å². The van der Waals surface area contributed by atoms with Gasteiger partial charge in [-0.2, -0.15) is 4.98 Å². The summed E-state index contributed by atoms with van der Waals surface area (Å²) in [5, 5.41) is 8.85. The van der Waals surface area contributed by atoms with E-state index in [4.69, 9.17) is 10.8 Å². The number of nitrogens with two attached hydrogens (primary N) is 1. The zero-order valence-electron chi connectivity index (χ0n) is 11.0. The van der Waals surface area contributed by atoms with Gasteiger partial charge in [0.2, 0.25) is 5.91 Å². The van der Waals surface area contributed by atoms with Crippen molar-refractivity contribution in [3.05, 3.63) is 27.4 Å². The Balaban J connectivity index is 3.06. The SMILES string of the molecule is Cc1nc(=O)n(CCCC(N)=O)c(C)c1CC(=O)O. The van der Waals surface area contributed by atoms with Gasteiger partial charge in [-0.15, -0.1) is 0 Å². The Hall–Kier alpha value is -2.18. The van der Waals surface area contributed by atoms with Crippen molar-refractivity contribution < 1.29 is 14.7 Å². The van der Waals surface area contributed by atoms with E-state index >= 15 is 0 Å². The van der Waals surface area contributed by atoms with Crippen LogP contribution >= 0.6 is 0 Å². The molecule has 0 aliphatic rings. The molecule has 1 aromatic rings. The average Bonchev–Trinajstić information content (AvgIpc) is 2.28. The fourth-order valence-electron chi connectivity index (χ4n) is 1.92. The van der Waals surface area contributed by atoms with Crippen molar-refractivity contribution in [2.24, 2.45) is 5.73 Å². The summed E-state index contributed by atoms with van der Waals surface area (Å²) in [6.45, 7) is 3.59. The fraction of sp³-hybridized carbons (Fsp3) is 0.500. The lowest BCUT2D eigenvalue weighted by Gasteiger charge is -2.14. The number of carbonyl (C=O) groups is 2. The maximum Gasteiger partial charge on any atom is 0.347 e.